The number of hydrogen-bond donors (Lipinski definition) is 1. The van der Waals surface area contributed by atoms with Crippen molar-refractivity contribution in [3.05, 3.63) is 48.1 Å². The minimum absolute atomic E-state index is 0.0815. The summed E-state index contributed by atoms with van der Waals surface area (Å²) in [7, 11) is 1.90. The molecule has 0 aliphatic heterocycles. The third kappa shape index (κ3) is 3.55. The van der Waals surface area contributed by atoms with E-state index in [1.807, 2.05) is 53.5 Å². The van der Waals surface area contributed by atoms with E-state index in [0.29, 0.717) is 10.9 Å². The van der Waals surface area contributed by atoms with Crippen LogP contribution in [0.4, 0.5) is 5.13 Å². The maximum Gasteiger partial charge on any atom is 0.236 e. The van der Waals surface area contributed by atoms with Crippen LogP contribution >= 0.6 is 23.1 Å². The predicted octanol–water partition coefficient (Wildman–Crippen LogP) is 3.27. The lowest BCUT2D eigenvalue weighted by Gasteiger charge is -2.02. The number of carbonyl (C=O) groups excluding carboxylic acids is 1. The van der Waals surface area contributed by atoms with Crippen LogP contribution in [0.2, 0.25) is 0 Å². The summed E-state index contributed by atoms with van der Waals surface area (Å²) < 4.78 is 1.88. The first-order valence-electron chi connectivity index (χ1n) is 6.63. The van der Waals surface area contributed by atoms with Gasteiger partial charge in [0, 0.05) is 30.4 Å². The Balaban J connectivity index is 1.58. The van der Waals surface area contributed by atoms with Crippen molar-refractivity contribution in [3.63, 3.8) is 0 Å². The molecule has 7 heteroatoms. The number of anilines is 1. The summed E-state index contributed by atoms with van der Waals surface area (Å²) >= 11 is 2.83. The largest absolute Gasteiger partial charge is 0.329 e. The molecule has 3 rings (SSSR count). The summed E-state index contributed by atoms with van der Waals surface area (Å²) in [5.74, 6) is 0.229. The van der Waals surface area contributed by atoms with Crippen molar-refractivity contribution in [3.8, 4) is 11.3 Å². The van der Waals surface area contributed by atoms with Gasteiger partial charge in [0.15, 0.2) is 10.3 Å². The molecule has 0 spiro atoms. The molecule has 1 aromatic carbocycles. The number of rotatable bonds is 5. The van der Waals surface area contributed by atoms with Crippen molar-refractivity contribution in [2.24, 2.45) is 7.05 Å². The quantitative estimate of drug-likeness (QED) is 0.729. The topological polar surface area (TPSA) is 59.8 Å². The van der Waals surface area contributed by atoms with E-state index in [4.69, 9.17) is 0 Å². The van der Waals surface area contributed by atoms with E-state index in [1.165, 1.54) is 23.1 Å². The van der Waals surface area contributed by atoms with Gasteiger partial charge in [0.25, 0.3) is 0 Å². The van der Waals surface area contributed by atoms with Crippen LogP contribution in [0.25, 0.3) is 11.3 Å². The van der Waals surface area contributed by atoms with Crippen LogP contribution < -0.4 is 5.32 Å². The van der Waals surface area contributed by atoms with Gasteiger partial charge in [-0.15, -0.1) is 11.3 Å². The van der Waals surface area contributed by atoms with Gasteiger partial charge < -0.3 is 9.88 Å². The summed E-state index contributed by atoms with van der Waals surface area (Å²) in [5.41, 5.74) is 1.92. The zero-order valence-electron chi connectivity index (χ0n) is 11.9. The zero-order chi connectivity index (χ0) is 15.4. The number of thiazole rings is 1. The molecule has 0 saturated heterocycles. The van der Waals surface area contributed by atoms with Crippen molar-refractivity contribution in [1.82, 2.24) is 14.5 Å². The molecule has 0 radical (unpaired) electrons. The molecule has 0 aliphatic carbocycles. The smallest absolute Gasteiger partial charge is 0.236 e. The van der Waals surface area contributed by atoms with E-state index < -0.39 is 0 Å². The number of hydrogen-bond acceptors (Lipinski definition) is 5. The van der Waals surface area contributed by atoms with Crippen molar-refractivity contribution < 1.29 is 4.79 Å². The summed E-state index contributed by atoms with van der Waals surface area (Å²) in [6, 6.07) is 9.90. The van der Waals surface area contributed by atoms with E-state index in [2.05, 4.69) is 15.3 Å². The molecule has 3 aromatic rings. The van der Waals surface area contributed by atoms with Crippen molar-refractivity contribution in [2.75, 3.05) is 11.1 Å². The summed E-state index contributed by atoms with van der Waals surface area (Å²) in [5, 5.41) is 6.20. The van der Waals surface area contributed by atoms with Gasteiger partial charge in [-0.1, -0.05) is 42.1 Å². The molecule has 1 N–H and O–H groups in total. The monoisotopic (exact) mass is 330 g/mol. The van der Waals surface area contributed by atoms with E-state index >= 15 is 0 Å². The van der Waals surface area contributed by atoms with Gasteiger partial charge in [-0.05, 0) is 0 Å². The molecule has 2 aromatic heterocycles. The average molecular weight is 330 g/mol. The molecular weight excluding hydrogens is 316 g/mol. The summed E-state index contributed by atoms with van der Waals surface area (Å²) in [4.78, 5) is 20.6. The fourth-order valence-corrected chi connectivity index (χ4v) is 3.32. The number of nitrogens with one attached hydrogen (secondary N) is 1. The lowest BCUT2D eigenvalue weighted by atomic mass is 10.2. The Labute approximate surface area is 136 Å². The zero-order valence-corrected chi connectivity index (χ0v) is 13.5. The number of amides is 1. The normalized spacial score (nSPS) is 10.6. The SMILES string of the molecule is Cn1ccnc1SCC(=O)Nc1nc(-c2ccccc2)cs1. The Morgan fingerprint density at radius 2 is 2.18 bits per heavy atom. The van der Waals surface area contributed by atoms with Gasteiger partial charge in [0.05, 0.1) is 11.4 Å². The van der Waals surface area contributed by atoms with Gasteiger partial charge in [-0.2, -0.15) is 0 Å². The van der Waals surface area contributed by atoms with Gasteiger partial charge in [-0.25, -0.2) is 9.97 Å². The van der Waals surface area contributed by atoms with Gasteiger partial charge in [0.1, 0.15) is 0 Å². The average Bonchev–Trinajstić information content (AvgIpc) is 3.15. The molecule has 1 amide bonds. The minimum Gasteiger partial charge on any atom is -0.329 e. The highest BCUT2D eigenvalue weighted by molar-refractivity contribution is 7.99. The molecule has 0 bridgehead atoms. The molecule has 5 nitrogen and oxygen atoms in total. The highest BCUT2D eigenvalue weighted by Crippen LogP contribution is 2.24. The molecule has 0 saturated carbocycles. The second kappa shape index (κ2) is 6.76. The van der Waals surface area contributed by atoms with Crippen LogP contribution in [-0.4, -0.2) is 26.2 Å². The standard InChI is InChI=1S/C15H14N4OS2/c1-19-8-7-16-15(19)22-10-13(20)18-14-17-12(9-21-14)11-5-3-2-4-6-11/h2-9H,10H2,1H3,(H,17,18,20). The number of carbonyl (C=O) groups is 1. The first kappa shape index (κ1) is 14.8. The van der Waals surface area contributed by atoms with Crippen LogP contribution in [0.1, 0.15) is 0 Å². The third-order valence-corrected chi connectivity index (χ3v) is 4.75. The van der Waals surface area contributed by atoms with E-state index in [-0.39, 0.29) is 5.91 Å². The fraction of sp³-hybridized carbons (Fsp3) is 0.133. The molecular formula is C15H14N4OS2. The van der Waals surface area contributed by atoms with Crippen LogP contribution in [0.15, 0.2) is 53.3 Å². The third-order valence-electron chi connectivity index (χ3n) is 2.93. The number of benzene rings is 1. The number of thioether (sulfide) groups is 1. The van der Waals surface area contributed by atoms with Crippen LogP contribution in [-0.2, 0) is 11.8 Å². The van der Waals surface area contributed by atoms with Gasteiger partial charge in [-0.3, -0.25) is 4.79 Å². The van der Waals surface area contributed by atoms with Crippen molar-refractivity contribution in [1.29, 1.82) is 0 Å². The minimum atomic E-state index is -0.0815. The fourth-order valence-electron chi connectivity index (χ4n) is 1.85. The van der Waals surface area contributed by atoms with Gasteiger partial charge >= 0.3 is 0 Å². The molecule has 0 fully saturated rings. The maximum atomic E-state index is 12.0. The molecule has 0 unspecified atom stereocenters. The lowest BCUT2D eigenvalue weighted by molar-refractivity contribution is -0.113. The van der Waals surface area contributed by atoms with E-state index in [0.717, 1.165) is 16.4 Å². The molecule has 0 aliphatic rings. The number of aryl methyl sites for hydroxylation is 1. The second-order valence-electron chi connectivity index (χ2n) is 4.56. The number of imidazole rings is 1. The van der Waals surface area contributed by atoms with Crippen LogP contribution in [0, 0.1) is 0 Å². The van der Waals surface area contributed by atoms with E-state index in [9.17, 15) is 4.79 Å². The second-order valence-corrected chi connectivity index (χ2v) is 6.36. The van der Waals surface area contributed by atoms with Crippen molar-refractivity contribution >= 4 is 34.1 Å². The van der Waals surface area contributed by atoms with Crippen LogP contribution in [0.3, 0.4) is 0 Å². The molecule has 2 heterocycles. The molecule has 22 heavy (non-hydrogen) atoms. The van der Waals surface area contributed by atoms with Gasteiger partial charge in [0.2, 0.25) is 5.91 Å². The van der Waals surface area contributed by atoms with Crippen LogP contribution in [0.5, 0.6) is 0 Å². The number of aromatic nitrogens is 3. The maximum absolute atomic E-state index is 12.0. The van der Waals surface area contributed by atoms with E-state index in [1.54, 1.807) is 6.20 Å². The lowest BCUT2D eigenvalue weighted by Crippen LogP contribution is -2.14. The molecule has 112 valence electrons. The Kier molecular flexibility index (Phi) is 4.55. The van der Waals surface area contributed by atoms with Crippen molar-refractivity contribution in [2.45, 2.75) is 5.16 Å². The first-order chi connectivity index (χ1) is 10.7. The summed E-state index contributed by atoms with van der Waals surface area (Å²) in [6.45, 7) is 0. The highest BCUT2D eigenvalue weighted by atomic mass is 32.2. The Bertz CT molecular complexity index is 767. The Morgan fingerprint density at radius 1 is 1.36 bits per heavy atom. The Hall–Kier alpha value is -2.12. The Morgan fingerprint density at radius 3 is 2.91 bits per heavy atom. The summed E-state index contributed by atoms with van der Waals surface area (Å²) in [6.07, 6.45) is 3.57. The first-order valence-corrected chi connectivity index (χ1v) is 8.50. The molecule has 0 atom stereocenters. The predicted molar refractivity (Wildman–Crippen MR) is 90.1 cm³/mol. The number of nitrogens with zero attached hydrogens (tertiary/aromatic N) is 3. The highest BCUT2D eigenvalue weighted by Gasteiger charge is 2.09.